The zero-order chi connectivity index (χ0) is 11.6. The molecule has 4 nitrogen and oxygen atoms in total. The van der Waals surface area contributed by atoms with Crippen LogP contribution < -0.4 is 0 Å². The number of nitrogens with zero attached hydrogens (tertiary/aromatic N) is 2. The van der Waals surface area contributed by atoms with E-state index in [0.717, 1.165) is 19.5 Å². The van der Waals surface area contributed by atoms with Crippen LogP contribution in [0.4, 0.5) is 0 Å². The van der Waals surface area contributed by atoms with E-state index in [9.17, 15) is 8.42 Å². The molecule has 0 aromatic heterocycles. The van der Waals surface area contributed by atoms with Gasteiger partial charge >= 0.3 is 0 Å². The minimum atomic E-state index is -3.05. The molecule has 2 saturated heterocycles. The van der Waals surface area contributed by atoms with E-state index in [1.54, 1.807) is 4.31 Å². The molecule has 0 saturated carbocycles. The number of hydrogen-bond acceptors (Lipinski definition) is 3. The molecular weight excluding hydrogens is 292 g/mol. The van der Waals surface area contributed by atoms with E-state index in [2.05, 4.69) is 20.8 Å². The number of likely N-dealkylation sites (tertiary alicyclic amines) is 1. The third-order valence-corrected chi connectivity index (χ3v) is 6.69. The van der Waals surface area contributed by atoms with Gasteiger partial charge in [0.15, 0.2) is 0 Å². The van der Waals surface area contributed by atoms with Crippen molar-refractivity contribution in [2.75, 3.05) is 30.8 Å². The SMILES string of the molecule is O=S(=O)(CBr)N1CCC(N2CCCCC2)C1. The average Bonchev–Trinajstić information content (AvgIpc) is 2.80. The Balaban J connectivity index is 1.92. The predicted molar refractivity (Wildman–Crippen MR) is 68.1 cm³/mol. The van der Waals surface area contributed by atoms with Gasteiger partial charge in [-0.15, -0.1) is 0 Å². The summed E-state index contributed by atoms with van der Waals surface area (Å²) in [6.07, 6.45) is 4.85. The molecule has 2 heterocycles. The maximum atomic E-state index is 11.7. The zero-order valence-electron chi connectivity index (χ0n) is 9.44. The van der Waals surface area contributed by atoms with Crippen LogP contribution in [-0.2, 0) is 10.0 Å². The smallest absolute Gasteiger partial charge is 0.224 e. The van der Waals surface area contributed by atoms with Crippen molar-refractivity contribution in [3.05, 3.63) is 0 Å². The molecule has 6 heteroatoms. The molecule has 0 bridgehead atoms. The summed E-state index contributed by atoms with van der Waals surface area (Å²) >= 11 is 3.05. The summed E-state index contributed by atoms with van der Waals surface area (Å²) in [5, 5.41) is 0. The summed E-state index contributed by atoms with van der Waals surface area (Å²) in [5.41, 5.74) is 0. The lowest BCUT2D eigenvalue weighted by Gasteiger charge is -2.32. The molecule has 1 unspecified atom stereocenters. The van der Waals surface area contributed by atoms with Crippen molar-refractivity contribution < 1.29 is 8.42 Å². The van der Waals surface area contributed by atoms with Gasteiger partial charge in [0.05, 0.1) is 0 Å². The minimum Gasteiger partial charge on any atom is -0.299 e. The number of alkyl halides is 1. The molecule has 0 aromatic carbocycles. The average molecular weight is 311 g/mol. The van der Waals surface area contributed by atoms with Gasteiger partial charge in [-0.05, 0) is 32.4 Å². The maximum absolute atomic E-state index is 11.7. The molecule has 0 aromatic rings. The third kappa shape index (κ3) is 2.78. The Morgan fingerprint density at radius 1 is 1.12 bits per heavy atom. The topological polar surface area (TPSA) is 40.6 Å². The molecule has 0 aliphatic carbocycles. The summed E-state index contributed by atoms with van der Waals surface area (Å²) in [7, 11) is -3.05. The zero-order valence-corrected chi connectivity index (χ0v) is 11.8. The fourth-order valence-corrected chi connectivity index (χ4v) is 4.40. The fourth-order valence-electron chi connectivity index (χ4n) is 2.61. The van der Waals surface area contributed by atoms with E-state index in [1.807, 2.05) is 0 Å². The first-order chi connectivity index (χ1) is 7.63. The van der Waals surface area contributed by atoms with E-state index in [4.69, 9.17) is 0 Å². The molecule has 94 valence electrons. The molecule has 1 atom stereocenters. The van der Waals surface area contributed by atoms with Crippen LogP contribution >= 0.6 is 15.9 Å². The van der Waals surface area contributed by atoms with Crippen LogP contribution in [0.15, 0.2) is 0 Å². The summed E-state index contributed by atoms with van der Waals surface area (Å²) < 4.78 is 25.1. The van der Waals surface area contributed by atoms with Crippen molar-refractivity contribution in [1.29, 1.82) is 0 Å². The number of piperidine rings is 1. The number of sulfonamides is 1. The highest BCUT2D eigenvalue weighted by molar-refractivity contribution is 9.10. The van der Waals surface area contributed by atoms with Gasteiger partial charge < -0.3 is 0 Å². The first-order valence-electron chi connectivity index (χ1n) is 5.91. The highest BCUT2D eigenvalue weighted by Gasteiger charge is 2.33. The molecule has 2 rings (SSSR count). The Morgan fingerprint density at radius 2 is 1.81 bits per heavy atom. The standard InChI is InChI=1S/C10H19BrN2O2S/c11-9-16(14,15)13-7-4-10(8-13)12-5-2-1-3-6-12/h10H,1-9H2. The van der Waals surface area contributed by atoms with Crippen molar-refractivity contribution in [3.63, 3.8) is 0 Å². The molecule has 2 aliphatic rings. The summed E-state index contributed by atoms with van der Waals surface area (Å²) in [5.74, 6) is 0. The molecule has 2 fully saturated rings. The Kier molecular flexibility index (Phi) is 4.26. The van der Waals surface area contributed by atoms with Crippen LogP contribution in [0.5, 0.6) is 0 Å². The van der Waals surface area contributed by atoms with Gasteiger partial charge in [0, 0.05) is 19.1 Å². The third-order valence-electron chi connectivity index (χ3n) is 3.56. The maximum Gasteiger partial charge on any atom is 0.224 e. The normalized spacial score (nSPS) is 29.7. The van der Waals surface area contributed by atoms with E-state index in [1.165, 1.54) is 19.3 Å². The van der Waals surface area contributed by atoms with Gasteiger partial charge in [0.2, 0.25) is 10.0 Å². The van der Waals surface area contributed by atoms with Crippen LogP contribution in [0.3, 0.4) is 0 Å². The molecule has 0 radical (unpaired) electrons. The van der Waals surface area contributed by atoms with Crippen molar-refractivity contribution in [2.45, 2.75) is 31.7 Å². The molecule has 16 heavy (non-hydrogen) atoms. The summed E-state index contributed by atoms with van der Waals surface area (Å²) in [6.45, 7) is 3.67. The van der Waals surface area contributed by atoms with Crippen molar-refractivity contribution in [1.82, 2.24) is 9.21 Å². The van der Waals surface area contributed by atoms with Crippen LogP contribution in [-0.4, -0.2) is 54.5 Å². The van der Waals surface area contributed by atoms with Gasteiger partial charge in [-0.3, -0.25) is 4.90 Å². The van der Waals surface area contributed by atoms with Gasteiger partial charge in [0.1, 0.15) is 4.66 Å². The number of rotatable bonds is 3. The lowest BCUT2D eigenvalue weighted by molar-refractivity contribution is 0.169. The van der Waals surface area contributed by atoms with E-state index in [0.29, 0.717) is 19.1 Å². The van der Waals surface area contributed by atoms with Crippen molar-refractivity contribution in [3.8, 4) is 0 Å². The number of hydrogen-bond donors (Lipinski definition) is 0. The summed E-state index contributed by atoms with van der Waals surface area (Å²) in [6, 6.07) is 0.453. The lowest BCUT2D eigenvalue weighted by atomic mass is 10.1. The highest BCUT2D eigenvalue weighted by Crippen LogP contribution is 2.22. The van der Waals surface area contributed by atoms with Crippen LogP contribution in [0.25, 0.3) is 0 Å². The molecule has 0 spiro atoms. The molecule has 0 amide bonds. The largest absolute Gasteiger partial charge is 0.299 e. The van der Waals surface area contributed by atoms with Crippen LogP contribution in [0.1, 0.15) is 25.7 Å². The van der Waals surface area contributed by atoms with Gasteiger partial charge in [0.25, 0.3) is 0 Å². The second-order valence-corrected chi connectivity index (χ2v) is 7.89. The first-order valence-corrected chi connectivity index (χ1v) is 8.64. The monoisotopic (exact) mass is 310 g/mol. The fraction of sp³-hybridized carbons (Fsp3) is 1.00. The Morgan fingerprint density at radius 3 is 2.44 bits per heavy atom. The van der Waals surface area contributed by atoms with Gasteiger partial charge in [-0.25, -0.2) is 8.42 Å². The van der Waals surface area contributed by atoms with E-state index in [-0.39, 0.29) is 4.66 Å². The molecular formula is C10H19BrN2O2S. The minimum absolute atomic E-state index is 0.0483. The Bertz CT molecular complexity index is 328. The van der Waals surface area contributed by atoms with Gasteiger partial charge in [-0.1, -0.05) is 22.4 Å². The summed E-state index contributed by atoms with van der Waals surface area (Å²) in [4.78, 5) is 2.47. The highest BCUT2D eigenvalue weighted by atomic mass is 79.9. The second-order valence-electron chi connectivity index (χ2n) is 4.62. The van der Waals surface area contributed by atoms with E-state index >= 15 is 0 Å². The quantitative estimate of drug-likeness (QED) is 0.736. The second kappa shape index (κ2) is 5.33. The number of halogens is 1. The molecule has 0 N–H and O–H groups in total. The Labute approximate surface area is 106 Å². The van der Waals surface area contributed by atoms with Crippen LogP contribution in [0.2, 0.25) is 0 Å². The first kappa shape index (κ1) is 12.8. The van der Waals surface area contributed by atoms with Crippen molar-refractivity contribution >= 4 is 26.0 Å². The van der Waals surface area contributed by atoms with Crippen LogP contribution in [0, 0.1) is 0 Å². The van der Waals surface area contributed by atoms with E-state index < -0.39 is 10.0 Å². The van der Waals surface area contributed by atoms with Crippen molar-refractivity contribution in [2.24, 2.45) is 0 Å². The predicted octanol–water partition coefficient (Wildman–Crippen LogP) is 1.23. The molecule has 2 aliphatic heterocycles. The lowest BCUT2D eigenvalue weighted by Crippen LogP contribution is -2.41. The Hall–Kier alpha value is 0.350. The van der Waals surface area contributed by atoms with Gasteiger partial charge in [-0.2, -0.15) is 4.31 Å².